The highest BCUT2D eigenvalue weighted by molar-refractivity contribution is 4.97. The number of nitrogens with one attached hydrogen (secondary N) is 1. The maximum atomic E-state index is 5.16. The number of ether oxygens (including phenoxy) is 1. The Kier molecular flexibility index (Phi) is 7.33. The van der Waals surface area contributed by atoms with E-state index in [1.54, 1.807) is 7.11 Å². The molecule has 0 spiro atoms. The first-order valence-electron chi connectivity index (χ1n) is 8.06. The maximum absolute atomic E-state index is 5.16. The van der Waals surface area contributed by atoms with Gasteiger partial charge in [0, 0.05) is 38.4 Å². The molecular formula is C16H34N2O. The SMILES string of the molecule is CCC1(CC)CN(CCCCOC)C(C(C)C)CN1. The van der Waals surface area contributed by atoms with E-state index >= 15 is 0 Å². The quantitative estimate of drug-likeness (QED) is 0.686. The van der Waals surface area contributed by atoms with Crippen LogP contribution in [0.15, 0.2) is 0 Å². The molecule has 114 valence electrons. The van der Waals surface area contributed by atoms with Crippen LogP contribution >= 0.6 is 0 Å². The van der Waals surface area contributed by atoms with Gasteiger partial charge < -0.3 is 10.1 Å². The molecule has 0 aliphatic carbocycles. The van der Waals surface area contributed by atoms with Gasteiger partial charge >= 0.3 is 0 Å². The van der Waals surface area contributed by atoms with E-state index in [0.29, 0.717) is 11.6 Å². The van der Waals surface area contributed by atoms with E-state index in [2.05, 4.69) is 37.9 Å². The molecule has 0 aromatic rings. The Morgan fingerprint density at radius 2 is 1.95 bits per heavy atom. The molecule has 0 saturated carbocycles. The Labute approximate surface area is 120 Å². The molecule has 3 heteroatoms. The van der Waals surface area contributed by atoms with Crippen molar-refractivity contribution in [2.45, 2.75) is 65.0 Å². The zero-order valence-electron chi connectivity index (χ0n) is 13.7. The zero-order valence-corrected chi connectivity index (χ0v) is 13.7. The molecule has 0 bridgehead atoms. The normalized spacial score (nSPS) is 24.0. The van der Waals surface area contributed by atoms with Crippen LogP contribution < -0.4 is 5.32 Å². The molecule has 1 fully saturated rings. The number of nitrogens with zero attached hydrogens (tertiary/aromatic N) is 1. The lowest BCUT2D eigenvalue weighted by Crippen LogP contribution is -2.65. The number of hydrogen-bond acceptors (Lipinski definition) is 3. The third kappa shape index (κ3) is 4.73. The summed E-state index contributed by atoms with van der Waals surface area (Å²) in [5, 5.41) is 3.83. The topological polar surface area (TPSA) is 24.5 Å². The van der Waals surface area contributed by atoms with Crippen molar-refractivity contribution in [3.63, 3.8) is 0 Å². The van der Waals surface area contributed by atoms with Crippen LogP contribution in [0.4, 0.5) is 0 Å². The Balaban J connectivity index is 2.57. The number of unbranched alkanes of at least 4 members (excludes halogenated alkanes) is 1. The van der Waals surface area contributed by atoms with Crippen LogP contribution in [-0.4, -0.2) is 49.8 Å². The minimum Gasteiger partial charge on any atom is -0.385 e. The van der Waals surface area contributed by atoms with Gasteiger partial charge in [-0.15, -0.1) is 0 Å². The Morgan fingerprint density at radius 3 is 2.47 bits per heavy atom. The molecule has 1 saturated heterocycles. The van der Waals surface area contributed by atoms with Crippen LogP contribution in [0.5, 0.6) is 0 Å². The van der Waals surface area contributed by atoms with Crippen LogP contribution in [-0.2, 0) is 4.74 Å². The summed E-state index contributed by atoms with van der Waals surface area (Å²) in [6, 6.07) is 0.689. The van der Waals surface area contributed by atoms with Crippen LogP contribution in [0, 0.1) is 5.92 Å². The number of piperazine rings is 1. The fourth-order valence-electron chi connectivity index (χ4n) is 3.20. The second-order valence-corrected chi connectivity index (χ2v) is 6.35. The average molecular weight is 270 g/mol. The molecule has 0 aromatic carbocycles. The molecule has 3 nitrogen and oxygen atoms in total. The molecule has 1 rings (SSSR count). The Morgan fingerprint density at radius 1 is 1.26 bits per heavy atom. The van der Waals surface area contributed by atoms with E-state index in [-0.39, 0.29) is 0 Å². The standard InChI is InChI=1S/C16H34N2O/c1-6-16(7-2)13-18(10-8-9-11-19-5)15(12-17-16)14(3)4/h14-15,17H,6-13H2,1-5H3. The first-order valence-corrected chi connectivity index (χ1v) is 8.06. The fraction of sp³-hybridized carbons (Fsp3) is 1.00. The molecule has 1 N–H and O–H groups in total. The lowest BCUT2D eigenvalue weighted by Gasteiger charge is -2.49. The van der Waals surface area contributed by atoms with Crippen LogP contribution in [0.3, 0.4) is 0 Å². The van der Waals surface area contributed by atoms with Crippen molar-refractivity contribution < 1.29 is 4.74 Å². The summed E-state index contributed by atoms with van der Waals surface area (Å²) in [7, 11) is 1.79. The molecule has 1 aliphatic rings. The molecule has 1 aliphatic heterocycles. The number of methoxy groups -OCH3 is 1. The van der Waals surface area contributed by atoms with Gasteiger partial charge in [-0.05, 0) is 38.1 Å². The highest BCUT2D eigenvalue weighted by Crippen LogP contribution is 2.25. The van der Waals surface area contributed by atoms with Crippen molar-refractivity contribution in [3.05, 3.63) is 0 Å². The largest absolute Gasteiger partial charge is 0.385 e. The lowest BCUT2D eigenvalue weighted by atomic mass is 9.86. The second kappa shape index (κ2) is 8.23. The second-order valence-electron chi connectivity index (χ2n) is 6.35. The summed E-state index contributed by atoms with van der Waals surface area (Å²) in [6.45, 7) is 13.8. The molecule has 0 aromatic heterocycles. The van der Waals surface area contributed by atoms with Crippen molar-refractivity contribution in [3.8, 4) is 0 Å². The van der Waals surface area contributed by atoms with E-state index in [1.165, 1.54) is 38.8 Å². The molecule has 0 amide bonds. The summed E-state index contributed by atoms with van der Waals surface area (Å²) in [6.07, 6.45) is 4.88. The van der Waals surface area contributed by atoms with Gasteiger partial charge in [-0.1, -0.05) is 27.7 Å². The minimum atomic E-state index is 0.340. The summed E-state index contributed by atoms with van der Waals surface area (Å²) in [5.41, 5.74) is 0.340. The van der Waals surface area contributed by atoms with Gasteiger partial charge in [-0.25, -0.2) is 0 Å². The van der Waals surface area contributed by atoms with Crippen LogP contribution in [0.1, 0.15) is 53.4 Å². The predicted molar refractivity (Wildman–Crippen MR) is 82.6 cm³/mol. The monoisotopic (exact) mass is 270 g/mol. The lowest BCUT2D eigenvalue weighted by molar-refractivity contribution is 0.0475. The van der Waals surface area contributed by atoms with Crippen molar-refractivity contribution in [2.75, 3.05) is 33.4 Å². The number of hydrogen-bond donors (Lipinski definition) is 1. The molecule has 0 radical (unpaired) electrons. The van der Waals surface area contributed by atoms with E-state index in [9.17, 15) is 0 Å². The fourth-order valence-corrected chi connectivity index (χ4v) is 3.20. The van der Waals surface area contributed by atoms with Crippen molar-refractivity contribution in [1.29, 1.82) is 0 Å². The third-order valence-corrected chi connectivity index (χ3v) is 4.83. The van der Waals surface area contributed by atoms with Gasteiger partial charge in [-0.3, -0.25) is 4.90 Å². The van der Waals surface area contributed by atoms with Gasteiger partial charge in [0.15, 0.2) is 0 Å². The Bertz CT molecular complexity index is 239. The van der Waals surface area contributed by atoms with Gasteiger partial charge in [0.1, 0.15) is 0 Å². The molecule has 1 atom stereocenters. The first kappa shape index (κ1) is 16.9. The summed E-state index contributed by atoms with van der Waals surface area (Å²) in [5.74, 6) is 0.724. The van der Waals surface area contributed by atoms with Crippen LogP contribution in [0.2, 0.25) is 0 Å². The molecular weight excluding hydrogens is 236 g/mol. The zero-order chi connectivity index (χ0) is 14.3. The Hall–Kier alpha value is -0.120. The van der Waals surface area contributed by atoms with Gasteiger partial charge in [-0.2, -0.15) is 0 Å². The maximum Gasteiger partial charge on any atom is 0.0462 e. The highest BCUT2D eigenvalue weighted by Gasteiger charge is 2.37. The van der Waals surface area contributed by atoms with Gasteiger partial charge in [0.25, 0.3) is 0 Å². The molecule has 1 heterocycles. The van der Waals surface area contributed by atoms with E-state index < -0.39 is 0 Å². The first-order chi connectivity index (χ1) is 9.08. The third-order valence-electron chi connectivity index (χ3n) is 4.83. The predicted octanol–water partition coefficient (Wildman–Crippen LogP) is 2.90. The van der Waals surface area contributed by atoms with E-state index in [0.717, 1.165) is 19.1 Å². The van der Waals surface area contributed by atoms with Crippen molar-refractivity contribution in [1.82, 2.24) is 10.2 Å². The number of rotatable bonds is 8. The molecule has 19 heavy (non-hydrogen) atoms. The smallest absolute Gasteiger partial charge is 0.0462 e. The summed E-state index contributed by atoms with van der Waals surface area (Å²) >= 11 is 0. The molecule has 1 unspecified atom stereocenters. The van der Waals surface area contributed by atoms with Gasteiger partial charge in [0.05, 0.1) is 0 Å². The average Bonchev–Trinajstić information content (AvgIpc) is 2.43. The van der Waals surface area contributed by atoms with Crippen LogP contribution in [0.25, 0.3) is 0 Å². The minimum absolute atomic E-state index is 0.340. The van der Waals surface area contributed by atoms with Crippen molar-refractivity contribution in [2.24, 2.45) is 5.92 Å². The van der Waals surface area contributed by atoms with E-state index in [1.807, 2.05) is 0 Å². The van der Waals surface area contributed by atoms with E-state index in [4.69, 9.17) is 4.74 Å². The summed E-state index contributed by atoms with van der Waals surface area (Å²) in [4.78, 5) is 2.73. The summed E-state index contributed by atoms with van der Waals surface area (Å²) < 4.78 is 5.16. The van der Waals surface area contributed by atoms with Gasteiger partial charge in [0.2, 0.25) is 0 Å². The highest BCUT2D eigenvalue weighted by atomic mass is 16.5. The van der Waals surface area contributed by atoms with Crippen molar-refractivity contribution >= 4 is 0 Å².